The number of nitrogens with one attached hydrogen (secondary N) is 1. The van der Waals surface area contributed by atoms with Crippen molar-refractivity contribution in [2.75, 3.05) is 41.4 Å². The lowest BCUT2D eigenvalue weighted by Gasteiger charge is -2.20. The van der Waals surface area contributed by atoms with Gasteiger partial charge in [0.05, 0.1) is 11.1 Å². The molecule has 3 heterocycles. The van der Waals surface area contributed by atoms with Crippen LogP contribution in [0.25, 0.3) is 0 Å². The van der Waals surface area contributed by atoms with Gasteiger partial charge < -0.3 is 14.9 Å². The smallest absolute Gasteiger partial charge is 0.311 e. The minimum Gasteiger partial charge on any atom is -0.502 e. The molecule has 2 aromatic rings. The molecule has 0 radical (unpaired) electrons. The van der Waals surface area contributed by atoms with Crippen molar-refractivity contribution in [1.82, 2.24) is 15.0 Å². The molecule has 2 saturated heterocycles. The first-order valence-electron chi connectivity index (χ1n) is 9.63. The highest BCUT2D eigenvalue weighted by molar-refractivity contribution is 5.85. The zero-order valence-corrected chi connectivity index (χ0v) is 15.9. The van der Waals surface area contributed by atoms with Gasteiger partial charge in [0.2, 0.25) is 23.6 Å². The minimum absolute atomic E-state index is 0.222. The van der Waals surface area contributed by atoms with Crippen molar-refractivity contribution >= 4 is 29.7 Å². The van der Waals surface area contributed by atoms with Gasteiger partial charge in [0, 0.05) is 37.8 Å². The van der Waals surface area contributed by atoms with Gasteiger partial charge in [-0.3, -0.25) is 10.1 Å². The monoisotopic (exact) mass is 398 g/mol. The predicted octanol–water partition coefficient (Wildman–Crippen LogP) is 2.13. The molecule has 0 amide bonds. The van der Waals surface area contributed by atoms with Crippen LogP contribution in [-0.4, -0.2) is 57.4 Å². The summed E-state index contributed by atoms with van der Waals surface area (Å²) in [6.45, 7) is 3.64. The van der Waals surface area contributed by atoms with Crippen molar-refractivity contribution in [3.8, 4) is 5.75 Å². The zero-order valence-electron chi connectivity index (χ0n) is 15.9. The second-order valence-corrected chi connectivity index (χ2v) is 6.99. The number of nitro benzene ring substituents is 1. The fourth-order valence-corrected chi connectivity index (χ4v) is 3.48. The zero-order chi connectivity index (χ0) is 20.2. The van der Waals surface area contributed by atoms with Crippen molar-refractivity contribution < 1.29 is 10.0 Å². The molecule has 2 fully saturated rings. The van der Waals surface area contributed by atoms with Crippen LogP contribution in [0.3, 0.4) is 0 Å². The Balaban J connectivity index is 1.57. The third-order valence-electron chi connectivity index (χ3n) is 5.00. The molecule has 0 saturated carbocycles. The summed E-state index contributed by atoms with van der Waals surface area (Å²) in [7, 11) is 0. The summed E-state index contributed by atoms with van der Waals surface area (Å²) >= 11 is 0. The van der Waals surface area contributed by atoms with Crippen molar-refractivity contribution in [2.24, 2.45) is 5.10 Å². The maximum Gasteiger partial charge on any atom is 0.311 e. The van der Waals surface area contributed by atoms with E-state index in [2.05, 4.69) is 35.3 Å². The molecule has 11 heteroatoms. The van der Waals surface area contributed by atoms with Crippen LogP contribution in [0.4, 0.5) is 23.5 Å². The van der Waals surface area contributed by atoms with Crippen LogP contribution in [0.1, 0.15) is 31.2 Å². The number of rotatable bonds is 6. The Morgan fingerprint density at radius 3 is 2.17 bits per heavy atom. The van der Waals surface area contributed by atoms with Crippen LogP contribution in [0.5, 0.6) is 5.75 Å². The SMILES string of the molecule is O=[N+]([O-])c1cccc(/C=N\Nc2nc(N3CCCC3)nc(N3CCCC3)n2)c1O. The Labute approximate surface area is 167 Å². The second kappa shape index (κ2) is 8.25. The topological polar surface area (TPSA) is 133 Å². The van der Waals surface area contributed by atoms with Crippen LogP contribution < -0.4 is 15.2 Å². The first-order valence-corrected chi connectivity index (χ1v) is 9.63. The van der Waals surface area contributed by atoms with Crippen molar-refractivity contribution in [3.63, 3.8) is 0 Å². The van der Waals surface area contributed by atoms with Crippen LogP contribution in [-0.2, 0) is 0 Å². The molecule has 0 unspecified atom stereocenters. The van der Waals surface area contributed by atoms with Gasteiger partial charge in [-0.1, -0.05) is 6.07 Å². The Bertz CT molecular complexity index is 889. The number of phenols is 1. The van der Waals surface area contributed by atoms with E-state index >= 15 is 0 Å². The molecule has 0 spiro atoms. The molecule has 0 bridgehead atoms. The normalized spacial score (nSPS) is 16.7. The van der Waals surface area contributed by atoms with Gasteiger partial charge >= 0.3 is 5.69 Å². The number of para-hydroxylation sites is 1. The number of benzene rings is 1. The number of phenolic OH excluding ortho intramolecular Hbond substituents is 1. The standard InChI is InChI=1S/C18H22N8O3/c27-15-13(6-5-7-14(15)26(28)29)12-19-23-16-20-17(24-8-1-2-9-24)22-18(21-16)25-10-3-4-11-25/h5-7,12,27H,1-4,8-11H2,(H,20,21,22,23)/b19-12-. The van der Waals surface area contributed by atoms with E-state index < -0.39 is 10.7 Å². The first kappa shape index (κ1) is 18.8. The van der Waals surface area contributed by atoms with E-state index in [9.17, 15) is 15.2 Å². The number of hydrazone groups is 1. The third-order valence-corrected chi connectivity index (χ3v) is 5.00. The Morgan fingerprint density at radius 1 is 1.03 bits per heavy atom. The molecule has 2 N–H and O–H groups in total. The molecule has 152 valence electrons. The second-order valence-electron chi connectivity index (χ2n) is 6.99. The fourth-order valence-electron chi connectivity index (χ4n) is 3.48. The molecule has 1 aromatic heterocycles. The number of aromatic nitrogens is 3. The van der Waals surface area contributed by atoms with Gasteiger partial charge in [-0.25, -0.2) is 5.43 Å². The van der Waals surface area contributed by atoms with E-state index in [4.69, 9.17) is 0 Å². The number of anilines is 3. The lowest BCUT2D eigenvalue weighted by atomic mass is 10.2. The van der Waals surface area contributed by atoms with Crippen LogP contribution in [0.2, 0.25) is 0 Å². The van der Waals surface area contributed by atoms with Crippen molar-refractivity contribution in [1.29, 1.82) is 0 Å². The number of nitrogens with zero attached hydrogens (tertiary/aromatic N) is 7. The summed E-state index contributed by atoms with van der Waals surface area (Å²) in [4.78, 5) is 28.1. The van der Waals surface area contributed by atoms with Gasteiger partial charge in [-0.15, -0.1) is 0 Å². The van der Waals surface area contributed by atoms with Crippen LogP contribution >= 0.6 is 0 Å². The van der Waals surface area contributed by atoms with E-state index in [1.165, 1.54) is 24.4 Å². The quantitative estimate of drug-likeness (QED) is 0.426. The number of aromatic hydroxyl groups is 1. The first-order chi connectivity index (χ1) is 14.1. The maximum absolute atomic E-state index is 10.9. The number of nitro groups is 1. The van der Waals surface area contributed by atoms with Crippen LogP contribution in [0, 0.1) is 10.1 Å². The van der Waals surface area contributed by atoms with Gasteiger partial charge in [-0.05, 0) is 31.7 Å². The number of hydrogen-bond acceptors (Lipinski definition) is 10. The minimum atomic E-state index is -0.642. The lowest BCUT2D eigenvalue weighted by Crippen LogP contribution is -2.25. The summed E-state index contributed by atoms with van der Waals surface area (Å²) in [5, 5.41) is 25.0. The van der Waals surface area contributed by atoms with Crippen molar-refractivity contribution in [3.05, 3.63) is 33.9 Å². The highest BCUT2D eigenvalue weighted by Crippen LogP contribution is 2.28. The summed E-state index contributed by atoms with van der Waals surface area (Å²) in [5.41, 5.74) is 2.62. The Kier molecular flexibility index (Phi) is 5.36. The summed E-state index contributed by atoms with van der Waals surface area (Å²) in [6, 6.07) is 4.25. The summed E-state index contributed by atoms with van der Waals surface area (Å²) < 4.78 is 0. The van der Waals surface area contributed by atoms with Gasteiger partial charge in [0.15, 0.2) is 0 Å². The molecule has 1 aromatic carbocycles. The van der Waals surface area contributed by atoms with E-state index in [-0.39, 0.29) is 11.3 Å². The summed E-state index contributed by atoms with van der Waals surface area (Å²) in [6.07, 6.45) is 5.74. The molecule has 4 rings (SSSR count). The molecule has 2 aliphatic rings. The fraction of sp³-hybridized carbons (Fsp3) is 0.444. The highest BCUT2D eigenvalue weighted by atomic mass is 16.6. The number of hydrogen-bond donors (Lipinski definition) is 2. The average molecular weight is 398 g/mol. The molecule has 2 aliphatic heterocycles. The van der Waals surface area contributed by atoms with Gasteiger partial charge in [-0.2, -0.15) is 20.1 Å². The van der Waals surface area contributed by atoms with Crippen LogP contribution in [0.15, 0.2) is 23.3 Å². The van der Waals surface area contributed by atoms with Gasteiger partial charge in [0.25, 0.3) is 0 Å². The van der Waals surface area contributed by atoms with Gasteiger partial charge in [0.1, 0.15) is 0 Å². The molecular weight excluding hydrogens is 376 g/mol. The van der Waals surface area contributed by atoms with E-state index in [1.807, 2.05) is 0 Å². The highest BCUT2D eigenvalue weighted by Gasteiger charge is 2.21. The molecule has 29 heavy (non-hydrogen) atoms. The predicted molar refractivity (Wildman–Crippen MR) is 109 cm³/mol. The summed E-state index contributed by atoms with van der Waals surface area (Å²) in [5.74, 6) is 1.10. The van der Waals surface area contributed by atoms with E-state index in [0.29, 0.717) is 17.8 Å². The Hall–Kier alpha value is -3.50. The van der Waals surface area contributed by atoms with E-state index in [0.717, 1.165) is 51.9 Å². The maximum atomic E-state index is 10.9. The van der Waals surface area contributed by atoms with Crippen molar-refractivity contribution in [2.45, 2.75) is 25.7 Å². The third kappa shape index (κ3) is 4.18. The Morgan fingerprint density at radius 2 is 1.62 bits per heavy atom. The molecule has 0 aliphatic carbocycles. The molecule has 11 nitrogen and oxygen atoms in total. The largest absolute Gasteiger partial charge is 0.502 e. The average Bonchev–Trinajstić information content (AvgIpc) is 3.43. The van der Waals surface area contributed by atoms with E-state index in [1.54, 1.807) is 0 Å². The lowest BCUT2D eigenvalue weighted by molar-refractivity contribution is -0.385. The molecule has 0 atom stereocenters. The molecular formula is C18H22N8O3.